The number of hydrogen-bond donors (Lipinski definition) is 0. The highest BCUT2D eigenvalue weighted by Gasteiger charge is 2.40. The molecule has 4 rings (SSSR count). The number of anilines is 1. The van der Waals surface area contributed by atoms with Gasteiger partial charge in [0.2, 0.25) is 5.91 Å². The largest absolute Gasteiger partial charge is 0.294 e. The van der Waals surface area contributed by atoms with Gasteiger partial charge in [-0.2, -0.15) is 0 Å². The van der Waals surface area contributed by atoms with Gasteiger partial charge in [0.25, 0.3) is 0 Å². The minimum atomic E-state index is -0.180. The van der Waals surface area contributed by atoms with Crippen LogP contribution in [-0.4, -0.2) is 16.7 Å². The van der Waals surface area contributed by atoms with Gasteiger partial charge in [-0.25, -0.2) is 0 Å². The molecule has 1 amide bonds. The van der Waals surface area contributed by atoms with Gasteiger partial charge in [0, 0.05) is 42.4 Å². The van der Waals surface area contributed by atoms with E-state index in [0.717, 1.165) is 46.5 Å². The van der Waals surface area contributed by atoms with E-state index >= 15 is 0 Å². The Kier molecular flexibility index (Phi) is 4.19. The summed E-state index contributed by atoms with van der Waals surface area (Å²) in [5.74, 6) is 0.0456. The molecule has 0 N–H and O–H groups in total. The summed E-state index contributed by atoms with van der Waals surface area (Å²) in [6, 6.07) is 9.96. The van der Waals surface area contributed by atoms with Crippen LogP contribution in [0.25, 0.3) is 0 Å². The van der Waals surface area contributed by atoms with Gasteiger partial charge >= 0.3 is 0 Å². The predicted molar refractivity (Wildman–Crippen MR) is 101 cm³/mol. The smallest absolute Gasteiger partial charge is 0.232 e. The lowest BCUT2D eigenvalue weighted by atomic mass is 9.77. The monoisotopic (exact) mass is 346 g/mol. The molecule has 2 aromatic rings. The molecule has 1 atom stereocenters. The molecule has 26 heavy (non-hydrogen) atoms. The van der Waals surface area contributed by atoms with Crippen molar-refractivity contribution in [1.82, 2.24) is 4.98 Å². The van der Waals surface area contributed by atoms with Gasteiger partial charge < -0.3 is 0 Å². The van der Waals surface area contributed by atoms with Crippen molar-refractivity contribution < 1.29 is 9.59 Å². The van der Waals surface area contributed by atoms with E-state index in [0.29, 0.717) is 12.8 Å². The number of aromatic nitrogens is 1. The Bertz CT molecular complexity index is 915. The number of allylic oxidation sites excluding steroid dienone is 2. The van der Waals surface area contributed by atoms with Crippen molar-refractivity contribution in [1.29, 1.82) is 0 Å². The molecule has 0 fully saturated rings. The zero-order valence-corrected chi connectivity index (χ0v) is 15.2. The number of carbonyl (C=O) groups is 2. The molecule has 1 aromatic heterocycles. The summed E-state index contributed by atoms with van der Waals surface area (Å²) in [4.78, 5) is 32.0. The van der Waals surface area contributed by atoms with Gasteiger partial charge in [0.1, 0.15) is 0 Å². The number of benzene rings is 1. The first-order chi connectivity index (χ1) is 12.6. The van der Waals surface area contributed by atoms with Gasteiger partial charge in [-0.15, -0.1) is 0 Å². The maximum Gasteiger partial charge on any atom is 0.232 e. The van der Waals surface area contributed by atoms with E-state index in [-0.39, 0.29) is 17.6 Å². The SMILES string of the molecule is Cc1ccc(C)c(N2C(=O)CC(c3cccnc3)C3=C2CCCC3=O)c1. The van der Waals surface area contributed by atoms with Crippen molar-refractivity contribution in [2.24, 2.45) is 0 Å². The molecule has 0 saturated heterocycles. The maximum atomic E-state index is 13.2. The molecule has 4 heteroatoms. The first-order valence-electron chi connectivity index (χ1n) is 9.12. The van der Waals surface area contributed by atoms with Crippen LogP contribution in [0.2, 0.25) is 0 Å². The molecule has 0 saturated carbocycles. The van der Waals surface area contributed by atoms with Crippen LogP contribution < -0.4 is 4.90 Å². The van der Waals surface area contributed by atoms with E-state index < -0.39 is 0 Å². The molecule has 0 spiro atoms. The van der Waals surface area contributed by atoms with Crippen LogP contribution in [-0.2, 0) is 9.59 Å². The van der Waals surface area contributed by atoms with Crippen molar-refractivity contribution in [2.75, 3.05) is 4.90 Å². The number of hydrogen-bond acceptors (Lipinski definition) is 3. The van der Waals surface area contributed by atoms with E-state index in [1.54, 1.807) is 12.4 Å². The highest BCUT2D eigenvalue weighted by atomic mass is 16.2. The van der Waals surface area contributed by atoms with Crippen LogP contribution in [0.1, 0.15) is 48.3 Å². The number of carbonyl (C=O) groups excluding carboxylic acids is 2. The van der Waals surface area contributed by atoms with Crippen LogP contribution in [0, 0.1) is 13.8 Å². The van der Waals surface area contributed by atoms with Crippen molar-refractivity contribution >= 4 is 17.4 Å². The summed E-state index contributed by atoms with van der Waals surface area (Å²) in [6.45, 7) is 4.04. The second-order valence-electron chi connectivity index (χ2n) is 7.20. The number of Topliss-reactive ketones (excluding diaryl/α,β-unsaturated/α-hetero) is 1. The van der Waals surface area contributed by atoms with E-state index in [9.17, 15) is 9.59 Å². The van der Waals surface area contributed by atoms with Crippen molar-refractivity contribution in [3.05, 3.63) is 70.7 Å². The number of pyridine rings is 1. The minimum absolute atomic E-state index is 0.0565. The molecule has 1 aliphatic heterocycles. The lowest BCUT2D eigenvalue weighted by Gasteiger charge is -2.39. The van der Waals surface area contributed by atoms with Gasteiger partial charge in [0.15, 0.2) is 5.78 Å². The number of aryl methyl sites for hydroxylation is 2. The van der Waals surface area contributed by atoms with Gasteiger partial charge in [0.05, 0.1) is 5.69 Å². The second kappa shape index (κ2) is 6.52. The molecule has 2 heterocycles. The highest BCUT2D eigenvalue weighted by Crippen LogP contribution is 2.43. The fourth-order valence-corrected chi connectivity index (χ4v) is 4.10. The predicted octanol–water partition coefficient (Wildman–Crippen LogP) is 4.23. The van der Waals surface area contributed by atoms with Crippen LogP contribution in [0.3, 0.4) is 0 Å². The minimum Gasteiger partial charge on any atom is -0.294 e. The lowest BCUT2D eigenvalue weighted by Crippen LogP contribution is -2.41. The third-order valence-electron chi connectivity index (χ3n) is 5.37. The first kappa shape index (κ1) is 16.7. The normalized spacial score (nSPS) is 20.4. The van der Waals surface area contributed by atoms with Crippen LogP contribution in [0.4, 0.5) is 5.69 Å². The fraction of sp³-hybridized carbons (Fsp3) is 0.318. The molecule has 1 aliphatic carbocycles. The second-order valence-corrected chi connectivity index (χ2v) is 7.20. The zero-order valence-electron chi connectivity index (χ0n) is 15.2. The van der Waals surface area contributed by atoms with Crippen LogP contribution >= 0.6 is 0 Å². The molecule has 4 nitrogen and oxygen atoms in total. The molecule has 1 aromatic carbocycles. The van der Waals surface area contributed by atoms with Crippen LogP contribution in [0.5, 0.6) is 0 Å². The Morgan fingerprint density at radius 1 is 1.12 bits per heavy atom. The Hall–Kier alpha value is -2.75. The summed E-state index contributed by atoms with van der Waals surface area (Å²) < 4.78 is 0. The molecule has 2 aliphatic rings. The number of amides is 1. The molecule has 1 unspecified atom stereocenters. The summed E-state index contributed by atoms with van der Waals surface area (Å²) in [6.07, 6.45) is 5.92. The van der Waals surface area contributed by atoms with E-state index in [1.165, 1.54) is 0 Å². The average Bonchev–Trinajstić information content (AvgIpc) is 2.64. The summed E-state index contributed by atoms with van der Waals surface area (Å²) in [5, 5.41) is 0. The Balaban J connectivity index is 1.90. The van der Waals surface area contributed by atoms with E-state index in [2.05, 4.69) is 4.98 Å². The van der Waals surface area contributed by atoms with Gasteiger partial charge in [-0.3, -0.25) is 19.5 Å². The molecule has 0 radical (unpaired) electrons. The summed E-state index contributed by atoms with van der Waals surface area (Å²) >= 11 is 0. The Labute approximate surface area is 153 Å². The molecular formula is C22H22N2O2. The number of nitrogens with zero attached hydrogens (tertiary/aromatic N) is 2. The highest BCUT2D eigenvalue weighted by molar-refractivity contribution is 6.07. The summed E-state index contributed by atoms with van der Waals surface area (Å²) in [7, 11) is 0. The molecule has 132 valence electrons. The average molecular weight is 346 g/mol. The number of rotatable bonds is 2. The van der Waals surface area contributed by atoms with Crippen LogP contribution in [0.15, 0.2) is 54.0 Å². The van der Waals surface area contributed by atoms with Gasteiger partial charge in [-0.05, 0) is 55.5 Å². The standard InChI is InChI=1S/C22H22N2O2/c1-14-8-9-15(2)19(11-14)24-18-6-3-7-20(25)22(18)17(12-21(24)26)16-5-4-10-23-13-16/h4-5,8-11,13,17H,3,6-7,12H2,1-2H3. The third kappa shape index (κ3) is 2.75. The number of ketones is 1. The van der Waals surface area contributed by atoms with Crippen molar-refractivity contribution in [3.63, 3.8) is 0 Å². The van der Waals surface area contributed by atoms with Crippen molar-refractivity contribution in [2.45, 2.75) is 45.4 Å². The quantitative estimate of drug-likeness (QED) is 0.818. The lowest BCUT2D eigenvalue weighted by molar-refractivity contribution is -0.119. The zero-order chi connectivity index (χ0) is 18.3. The Morgan fingerprint density at radius 2 is 1.96 bits per heavy atom. The Morgan fingerprint density at radius 3 is 2.73 bits per heavy atom. The molecule has 0 bridgehead atoms. The van der Waals surface area contributed by atoms with Crippen molar-refractivity contribution in [3.8, 4) is 0 Å². The fourth-order valence-electron chi connectivity index (χ4n) is 4.10. The van der Waals surface area contributed by atoms with E-state index in [1.807, 2.05) is 49.1 Å². The third-order valence-corrected chi connectivity index (χ3v) is 5.37. The maximum absolute atomic E-state index is 13.2. The first-order valence-corrected chi connectivity index (χ1v) is 9.12. The van der Waals surface area contributed by atoms with Gasteiger partial charge in [-0.1, -0.05) is 18.2 Å². The molecular weight excluding hydrogens is 324 g/mol. The van der Waals surface area contributed by atoms with E-state index in [4.69, 9.17) is 0 Å². The summed E-state index contributed by atoms with van der Waals surface area (Å²) in [5.41, 5.74) is 5.71. The topological polar surface area (TPSA) is 50.3 Å².